The molecular formula is C66H42N2O. The molecule has 0 N–H and O–H groups in total. The van der Waals surface area contributed by atoms with Crippen LogP contribution in [0.1, 0.15) is 0 Å². The van der Waals surface area contributed by atoms with Gasteiger partial charge in [0.2, 0.25) is 0 Å². The van der Waals surface area contributed by atoms with Gasteiger partial charge in [0.05, 0.1) is 16.7 Å². The van der Waals surface area contributed by atoms with Crippen LogP contribution in [-0.2, 0) is 0 Å². The fourth-order valence-corrected chi connectivity index (χ4v) is 10.9. The lowest BCUT2D eigenvalue weighted by Gasteiger charge is -2.28. The Morgan fingerprint density at radius 1 is 0.290 bits per heavy atom. The summed E-state index contributed by atoms with van der Waals surface area (Å²) >= 11 is 0. The molecule has 69 heavy (non-hydrogen) atoms. The predicted molar refractivity (Wildman–Crippen MR) is 292 cm³/mol. The van der Waals surface area contributed by atoms with Crippen LogP contribution in [0.15, 0.2) is 259 Å². The number of rotatable bonds is 7. The Hall–Kier alpha value is -9.18. The van der Waals surface area contributed by atoms with Crippen LogP contribution < -0.4 is 4.90 Å². The van der Waals surface area contributed by atoms with Crippen LogP contribution >= 0.6 is 0 Å². The molecule has 14 rings (SSSR count). The van der Waals surface area contributed by atoms with E-state index >= 15 is 0 Å². The molecule has 0 fully saturated rings. The normalized spacial score (nSPS) is 11.8. The smallest absolute Gasteiger partial charge is 0.136 e. The number of fused-ring (bicyclic) bond motifs is 10. The molecule has 0 unspecified atom stereocenters. The Morgan fingerprint density at radius 3 is 1.59 bits per heavy atom. The van der Waals surface area contributed by atoms with E-state index in [0.717, 1.165) is 66.9 Å². The van der Waals surface area contributed by atoms with Gasteiger partial charge in [0.1, 0.15) is 11.2 Å². The summed E-state index contributed by atoms with van der Waals surface area (Å²) in [6, 6.07) is 92.6. The van der Waals surface area contributed by atoms with Crippen molar-refractivity contribution in [2.24, 2.45) is 0 Å². The van der Waals surface area contributed by atoms with Crippen molar-refractivity contribution in [2.45, 2.75) is 0 Å². The van der Waals surface area contributed by atoms with Gasteiger partial charge < -0.3 is 13.9 Å². The van der Waals surface area contributed by atoms with Crippen LogP contribution in [0, 0.1) is 0 Å². The highest BCUT2D eigenvalue weighted by Gasteiger charge is 2.20. The molecule has 2 aromatic heterocycles. The number of aromatic nitrogens is 1. The summed E-state index contributed by atoms with van der Waals surface area (Å²) in [4.78, 5) is 2.40. The van der Waals surface area contributed by atoms with Gasteiger partial charge >= 0.3 is 0 Å². The fraction of sp³-hybridized carbons (Fsp3) is 0. The maximum Gasteiger partial charge on any atom is 0.136 e. The summed E-state index contributed by atoms with van der Waals surface area (Å²) in [5.74, 6) is 0. The first kappa shape index (κ1) is 39.0. The van der Waals surface area contributed by atoms with Gasteiger partial charge in [0.15, 0.2) is 0 Å². The second-order valence-electron chi connectivity index (χ2n) is 18.1. The van der Waals surface area contributed by atoms with Gasteiger partial charge in [-0.05, 0) is 145 Å². The molecule has 0 saturated heterocycles. The van der Waals surface area contributed by atoms with Gasteiger partial charge in [0, 0.05) is 44.2 Å². The number of furan rings is 1. The Bertz CT molecular complexity index is 4260. The van der Waals surface area contributed by atoms with Gasteiger partial charge in [-0.2, -0.15) is 0 Å². The molecule has 0 aliphatic rings. The van der Waals surface area contributed by atoms with E-state index in [0.29, 0.717) is 0 Å². The number of hydrogen-bond acceptors (Lipinski definition) is 2. The molecule has 0 bridgehead atoms. The molecule has 2 heterocycles. The predicted octanol–water partition coefficient (Wildman–Crippen LogP) is 18.6. The summed E-state index contributed by atoms with van der Waals surface area (Å²) in [5, 5.41) is 12.1. The van der Waals surface area contributed by atoms with E-state index in [-0.39, 0.29) is 0 Å². The molecule has 3 nitrogen and oxygen atoms in total. The minimum absolute atomic E-state index is 0.882. The second-order valence-corrected chi connectivity index (χ2v) is 18.1. The van der Waals surface area contributed by atoms with Gasteiger partial charge in [-0.25, -0.2) is 0 Å². The molecule has 0 radical (unpaired) electrons. The Kier molecular flexibility index (Phi) is 8.90. The first-order chi connectivity index (χ1) is 34.2. The first-order valence-corrected chi connectivity index (χ1v) is 23.6. The van der Waals surface area contributed by atoms with E-state index in [4.69, 9.17) is 4.42 Å². The molecule has 0 saturated carbocycles. The molecule has 0 aliphatic carbocycles. The third kappa shape index (κ3) is 6.43. The zero-order valence-electron chi connectivity index (χ0n) is 37.6. The van der Waals surface area contributed by atoms with E-state index in [1.807, 2.05) is 0 Å². The molecule has 0 spiro atoms. The molecular weight excluding hydrogens is 837 g/mol. The van der Waals surface area contributed by atoms with Crippen molar-refractivity contribution in [2.75, 3.05) is 4.90 Å². The lowest BCUT2D eigenvalue weighted by atomic mass is 9.93. The zero-order valence-corrected chi connectivity index (χ0v) is 37.6. The van der Waals surface area contributed by atoms with E-state index in [1.165, 1.54) is 65.3 Å². The van der Waals surface area contributed by atoms with Crippen LogP contribution in [0.3, 0.4) is 0 Å². The number of anilines is 3. The SMILES string of the molecule is c1cc(-c2ccc(N(c3ccc(-c4cc5ccccc5c5ccccc45)cc3)c3ccccc3-c3ccc4oc5cc6ccccc6cc5c4c3)cc2)cc(-n2c3ccccc3c3ccccc32)c1. The van der Waals surface area contributed by atoms with Gasteiger partial charge in [-0.3, -0.25) is 0 Å². The van der Waals surface area contributed by atoms with E-state index in [1.54, 1.807) is 0 Å². The van der Waals surface area contributed by atoms with Crippen molar-refractivity contribution in [3.63, 3.8) is 0 Å². The van der Waals surface area contributed by atoms with Crippen molar-refractivity contribution >= 4 is 93.1 Å². The standard InChI is InChI=1S/C66H42N2O/c1-2-15-47-42-66-61(39-46(47)14-1)60-41-49(32-37-65(60)69-66)54-20-7-10-25-62(54)67(51-35-30-44(31-36-51)59-40-48-16-3-4-19-53(48)55-21-5-6-22-56(55)59)50-33-28-43(29-34-50)45-17-13-18-52(38-45)68-63-26-11-8-23-57(63)58-24-9-12-27-64(58)68/h1-42H. The minimum atomic E-state index is 0.882. The average molecular weight is 879 g/mol. The van der Waals surface area contributed by atoms with Crippen molar-refractivity contribution < 1.29 is 4.42 Å². The van der Waals surface area contributed by atoms with Gasteiger partial charge in [-0.1, -0.05) is 170 Å². The molecule has 0 amide bonds. The summed E-state index contributed by atoms with van der Waals surface area (Å²) in [5.41, 5.74) is 15.5. The van der Waals surface area contributed by atoms with Crippen LogP contribution in [0.25, 0.3) is 115 Å². The quantitative estimate of drug-likeness (QED) is 0.149. The van der Waals surface area contributed by atoms with Crippen molar-refractivity contribution in [1.29, 1.82) is 0 Å². The van der Waals surface area contributed by atoms with Crippen LogP contribution in [-0.4, -0.2) is 4.57 Å². The first-order valence-electron chi connectivity index (χ1n) is 23.6. The molecule has 0 aliphatic heterocycles. The van der Waals surface area contributed by atoms with Crippen molar-refractivity contribution in [1.82, 2.24) is 4.57 Å². The lowest BCUT2D eigenvalue weighted by molar-refractivity contribution is 0.669. The Morgan fingerprint density at radius 2 is 0.855 bits per heavy atom. The third-order valence-corrected chi connectivity index (χ3v) is 14.1. The van der Waals surface area contributed by atoms with E-state index in [2.05, 4.69) is 264 Å². The minimum Gasteiger partial charge on any atom is -0.456 e. The average Bonchev–Trinajstić information content (AvgIpc) is 3.95. The van der Waals surface area contributed by atoms with E-state index < -0.39 is 0 Å². The zero-order chi connectivity index (χ0) is 45.4. The highest BCUT2D eigenvalue weighted by molar-refractivity contribution is 6.14. The van der Waals surface area contributed by atoms with Crippen LogP contribution in [0.5, 0.6) is 0 Å². The summed E-state index contributed by atoms with van der Waals surface area (Å²) in [6.45, 7) is 0. The summed E-state index contributed by atoms with van der Waals surface area (Å²) in [7, 11) is 0. The Balaban J connectivity index is 0.902. The molecule has 0 atom stereocenters. The number of para-hydroxylation sites is 3. The Labute approximate surface area is 399 Å². The topological polar surface area (TPSA) is 21.3 Å². The maximum atomic E-state index is 6.47. The van der Waals surface area contributed by atoms with Gasteiger partial charge in [-0.15, -0.1) is 0 Å². The second kappa shape index (κ2) is 15.7. The molecule has 14 aromatic rings. The maximum absolute atomic E-state index is 6.47. The van der Waals surface area contributed by atoms with Crippen molar-refractivity contribution in [3.8, 4) is 39.1 Å². The third-order valence-electron chi connectivity index (χ3n) is 14.1. The number of benzene rings is 12. The molecule has 322 valence electrons. The number of nitrogens with zero attached hydrogens (tertiary/aromatic N) is 2. The molecule has 3 heteroatoms. The largest absolute Gasteiger partial charge is 0.456 e. The summed E-state index contributed by atoms with van der Waals surface area (Å²) in [6.07, 6.45) is 0. The van der Waals surface area contributed by atoms with Crippen LogP contribution in [0.2, 0.25) is 0 Å². The highest BCUT2D eigenvalue weighted by atomic mass is 16.3. The van der Waals surface area contributed by atoms with Crippen molar-refractivity contribution in [3.05, 3.63) is 255 Å². The highest BCUT2D eigenvalue weighted by Crippen LogP contribution is 2.45. The lowest BCUT2D eigenvalue weighted by Crippen LogP contribution is -2.11. The monoisotopic (exact) mass is 878 g/mol. The van der Waals surface area contributed by atoms with Crippen LogP contribution in [0.4, 0.5) is 17.1 Å². The molecule has 12 aromatic carbocycles. The van der Waals surface area contributed by atoms with Gasteiger partial charge in [0.25, 0.3) is 0 Å². The fourth-order valence-electron chi connectivity index (χ4n) is 10.9. The number of hydrogen-bond donors (Lipinski definition) is 0. The van der Waals surface area contributed by atoms with E-state index in [9.17, 15) is 0 Å². The summed E-state index contributed by atoms with van der Waals surface area (Å²) < 4.78 is 8.85.